The van der Waals surface area contributed by atoms with Gasteiger partial charge in [-0.3, -0.25) is 0 Å². The normalized spacial score (nSPS) is 14.3. The minimum Gasteiger partial charge on any atom is -0.382 e. The van der Waals surface area contributed by atoms with Gasteiger partial charge in [0.05, 0.1) is 6.10 Å². The van der Waals surface area contributed by atoms with Crippen molar-refractivity contribution in [3.63, 3.8) is 0 Å². The van der Waals surface area contributed by atoms with Gasteiger partial charge in [0.1, 0.15) is 0 Å². The van der Waals surface area contributed by atoms with Crippen LogP contribution < -0.4 is 5.32 Å². The fraction of sp³-hybridized carbons (Fsp3) is 0.625. The van der Waals surface area contributed by atoms with Crippen molar-refractivity contribution in [1.29, 1.82) is 0 Å². The van der Waals surface area contributed by atoms with Crippen molar-refractivity contribution in [2.45, 2.75) is 51.7 Å². The quantitative estimate of drug-likeness (QED) is 0.738. The highest BCUT2D eigenvalue weighted by molar-refractivity contribution is 6.30. The number of benzene rings is 1. The Morgan fingerprint density at radius 2 is 1.89 bits per heavy atom. The number of rotatable bonds is 9. The fourth-order valence-electron chi connectivity index (χ4n) is 2.08. The average molecular weight is 284 g/mol. The molecule has 1 N–H and O–H groups in total. The van der Waals surface area contributed by atoms with E-state index >= 15 is 0 Å². The van der Waals surface area contributed by atoms with Crippen LogP contribution in [0.4, 0.5) is 0 Å². The molecule has 108 valence electrons. The van der Waals surface area contributed by atoms with Gasteiger partial charge in [0.15, 0.2) is 0 Å². The number of nitrogens with one attached hydrogen (secondary N) is 1. The van der Waals surface area contributed by atoms with Gasteiger partial charge in [-0.2, -0.15) is 0 Å². The highest BCUT2D eigenvalue weighted by Crippen LogP contribution is 2.14. The van der Waals surface area contributed by atoms with E-state index in [1.54, 1.807) is 7.11 Å². The first kappa shape index (κ1) is 16.5. The van der Waals surface area contributed by atoms with Crippen LogP contribution >= 0.6 is 11.6 Å². The summed E-state index contributed by atoms with van der Waals surface area (Å²) in [4.78, 5) is 0. The maximum absolute atomic E-state index is 5.92. The summed E-state index contributed by atoms with van der Waals surface area (Å²) in [5, 5.41) is 4.42. The topological polar surface area (TPSA) is 21.3 Å². The average Bonchev–Trinajstić information content (AvgIpc) is 2.43. The summed E-state index contributed by atoms with van der Waals surface area (Å²) in [7, 11) is 1.78. The molecule has 0 saturated carbocycles. The lowest BCUT2D eigenvalue weighted by molar-refractivity contribution is 0.106. The zero-order valence-electron chi connectivity index (χ0n) is 12.3. The monoisotopic (exact) mass is 283 g/mol. The van der Waals surface area contributed by atoms with Gasteiger partial charge in [-0.1, -0.05) is 30.7 Å². The lowest BCUT2D eigenvalue weighted by Gasteiger charge is -2.20. The third-order valence-corrected chi connectivity index (χ3v) is 3.65. The Hall–Kier alpha value is -0.570. The number of ether oxygens (including phenoxy) is 1. The van der Waals surface area contributed by atoms with E-state index in [9.17, 15) is 0 Å². The zero-order chi connectivity index (χ0) is 14.1. The van der Waals surface area contributed by atoms with E-state index in [4.69, 9.17) is 16.3 Å². The van der Waals surface area contributed by atoms with Crippen LogP contribution in [0.15, 0.2) is 24.3 Å². The second-order valence-corrected chi connectivity index (χ2v) is 5.54. The van der Waals surface area contributed by atoms with Crippen molar-refractivity contribution in [1.82, 2.24) is 5.32 Å². The molecule has 0 saturated heterocycles. The van der Waals surface area contributed by atoms with Crippen LogP contribution in [0.25, 0.3) is 0 Å². The third kappa shape index (κ3) is 6.95. The first-order valence-electron chi connectivity index (χ1n) is 7.16. The van der Waals surface area contributed by atoms with Crippen molar-refractivity contribution in [2.75, 3.05) is 13.7 Å². The molecular formula is C16H26ClNO. The first-order valence-corrected chi connectivity index (χ1v) is 7.54. The SMILES string of the molecule is CCCNC(CCC(C)OC)Cc1ccc(Cl)cc1. The Kier molecular flexibility index (Phi) is 8.11. The van der Waals surface area contributed by atoms with Gasteiger partial charge in [-0.05, 0) is 56.8 Å². The minimum atomic E-state index is 0.330. The molecule has 1 aromatic rings. The van der Waals surface area contributed by atoms with Crippen LogP contribution in [-0.4, -0.2) is 25.8 Å². The van der Waals surface area contributed by atoms with Crippen molar-refractivity contribution < 1.29 is 4.74 Å². The maximum atomic E-state index is 5.92. The highest BCUT2D eigenvalue weighted by atomic mass is 35.5. The second kappa shape index (κ2) is 9.35. The lowest BCUT2D eigenvalue weighted by atomic mass is 10.00. The molecule has 2 unspecified atom stereocenters. The van der Waals surface area contributed by atoms with Gasteiger partial charge in [0.2, 0.25) is 0 Å². The van der Waals surface area contributed by atoms with E-state index in [0.29, 0.717) is 12.1 Å². The predicted octanol–water partition coefficient (Wildman–Crippen LogP) is 4.07. The third-order valence-electron chi connectivity index (χ3n) is 3.40. The van der Waals surface area contributed by atoms with Crippen molar-refractivity contribution in [3.8, 4) is 0 Å². The number of hydrogen-bond acceptors (Lipinski definition) is 2. The summed E-state index contributed by atoms with van der Waals surface area (Å²) in [6.07, 6.45) is 4.77. The van der Waals surface area contributed by atoms with Crippen molar-refractivity contribution in [2.24, 2.45) is 0 Å². The van der Waals surface area contributed by atoms with Gasteiger partial charge >= 0.3 is 0 Å². The van der Waals surface area contributed by atoms with Gasteiger partial charge < -0.3 is 10.1 Å². The largest absolute Gasteiger partial charge is 0.382 e. The smallest absolute Gasteiger partial charge is 0.0543 e. The van der Waals surface area contributed by atoms with E-state index in [2.05, 4.69) is 31.3 Å². The molecule has 0 fully saturated rings. The Balaban J connectivity index is 2.50. The van der Waals surface area contributed by atoms with Crippen molar-refractivity contribution >= 4 is 11.6 Å². The summed E-state index contributed by atoms with van der Waals surface area (Å²) in [6, 6.07) is 8.67. The summed E-state index contributed by atoms with van der Waals surface area (Å²) in [6.45, 7) is 5.39. The molecule has 0 amide bonds. The molecule has 0 aliphatic carbocycles. The molecule has 0 radical (unpaired) electrons. The maximum Gasteiger partial charge on any atom is 0.0543 e. The molecule has 2 nitrogen and oxygen atoms in total. The van der Waals surface area contributed by atoms with Crippen LogP contribution in [0.2, 0.25) is 5.02 Å². The van der Waals surface area contributed by atoms with Crippen LogP contribution in [0, 0.1) is 0 Å². The molecule has 0 spiro atoms. The highest BCUT2D eigenvalue weighted by Gasteiger charge is 2.11. The Morgan fingerprint density at radius 1 is 1.21 bits per heavy atom. The molecule has 3 heteroatoms. The summed E-state index contributed by atoms with van der Waals surface area (Å²) in [5.74, 6) is 0. The Labute approximate surface area is 122 Å². The molecular weight excluding hydrogens is 258 g/mol. The molecule has 2 atom stereocenters. The van der Waals surface area contributed by atoms with Gasteiger partial charge in [-0.25, -0.2) is 0 Å². The molecule has 19 heavy (non-hydrogen) atoms. The van der Waals surface area contributed by atoms with Crippen LogP contribution in [0.1, 0.15) is 38.7 Å². The van der Waals surface area contributed by atoms with E-state index in [1.165, 1.54) is 5.56 Å². The minimum absolute atomic E-state index is 0.330. The van der Waals surface area contributed by atoms with E-state index in [0.717, 1.165) is 37.3 Å². The number of hydrogen-bond donors (Lipinski definition) is 1. The van der Waals surface area contributed by atoms with Gasteiger partial charge in [0, 0.05) is 18.2 Å². The number of halogens is 1. The molecule has 0 aliphatic rings. The molecule has 1 aromatic carbocycles. The van der Waals surface area contributed by atoms with Gasteiger partial charge in [-0.15, -0.1) is 0 Å². The summed E-state index contributed by atoms with van der Waals surface area (Å²) < 4.78 is 5.33. The van der Waals surface area contributed by atoms with E-state index in [-0.39, 0.29) is 0 Å². The molecule has 1 rings (SSSR count). The standard InChI is InChI=1S/C16H26ClNO/c1-4-11-18-16(10-5-13(2)19-3)12-14-6-8-15(17)9-7-14/h6-9,13,16,18H,4-5,10-12H2,1-3H3. The number of methoxy groups -OCH3 is 1. The van der Waals surface area contributed by atoms with Crippen LogP contribution in [-0.2, 0) is 11.2 Å². The molecule has 0 bridgehead atoms. The molecule has 0 aliphatic heterocycles. The van der Waals surface area contributed by atoms with Gasteiger partial charge in [0.25, 0.3) is 0 Å². The fourth-order valence-corrected chi connectivity index (χ4v) is 2.21. The Morgan fingerprint density at radius 3 is 2.47 bits per heavy atom. The summed E-state index contributed by atoms with van der Waals surface area (Å²) >= 11 is 5.92. The first-order chi connectivity index (χ1) is 9.15. The second-order valence-electron chi connectivity index (χ2n) is 5.11. The van der Waals surface area contributed by atoms with Crippen molar-refractivity contribution in [3.05, 3.63) is 34.9 Å². The predicted molar refractivity (Wildman–Crippen MR) is 82.9 cm³/mol. The zero-order valence-corrected chi connectivity index (χ0v) is 13.0. The lowest BCUT2D eigenvalue weighted by Crippen LogP contribution is -2.32. The van der Waals surface area contributed by atoms with Crippen LogP contribution in [0.5, 0.6) is 0 Å². The Bertz CT molecular complexity index is 339. The van der Waals surface area contributed by atoms with E-state index in [1.807, 2.05) is 12.1 Å². The molecule has 0 heterocycles. The molecule has 0 aromatic heterocycles. The summed E-state index contributed by atoms with van der Waals surface area (Å²) in [5.41, 5.74) is 1.34. The van der Waals surface area contributed by atoms with E-state index < -0.39 is 0 Å². The van der Waals surface area contributed by atoms with Crippen LogP contribution in [0.3, 0.4) is 0 Å².